The Labute approximate surface area is 224 Å². The number of rotatable bonds is 9. The van der Waals surface area contributed by atoms with E-state index in [1.165, 1.54) is 0 Å². The Kier molecular flexibility index (Phi) is 12.5. The predicted octanol–water partition coefficient (Wildman–Crippen LogP) is 6.52. The minimum absolute atomic E-state index is 0.0512. The van der Waals surface area contributed by atoms with Crippen LogP contribution in [-0.4, -0.2) is 56.7 Å². The van der Waals surface area contributed by atoms with Gasteiger partial charge in [0.05, 0.1) is 20.8 Å². The average Bonchev–Trinajstić information content (AvgIpc) is 3.09. The van der Waals surface area contributed by atoms with Gasteiger partial charge in [0.15, 0.2) is 0 Å². The molecule has 1 heterocycles. The fourth-order valence-corrected chi connectivity index (χ4v) is 4.83. The zero-order chi connectivity index (χ0) is 27.4. The second-order valence-corrected chi connectivity index (χ2v) is 9.42. The molecule has 1 aromatic rings. The molecule has 1 aliphatic carbocycles. The summed E-state index contributed by atoms with van der Waals surface area (Å²) >= 11 is 0. The number of hydrogen-bond donors (Lipinski definition) is 1. The maximum absolute atomic E-state index is 13.4. The summed E-state index contributed by atoms with van der Waals surface area (Å²) in [6.45, 7) is 14.9. The van der Waals surface area contributed by atoms with Crippen LogP contribution in [0.15, 0.2) is 60.9 Å². The van der Waals surface area contributed by atoms with Gasteiger partial charge in [0.1, 0.15) is 11.5 Å². The highest BCUT2D eigenvalue weighted by Crippen LogP contribution is 2.41. The highest BCUT2D eigenvalue weighted by atomic mass is 16.5. The predicted molar refractivity (Wildman–Crippen MR) is 154 cm³/mol. The van der Waals surface area contributed by atoms with Gasteiger partial charge in [-0.15, -0.1) is 6.58 Å². The third-order valence-electron chi connectivity index (χ3n) is 7.15. The van der Waals surface area contributed by atoms with Crippen LogP contribution in [-0.2, 0) is 6.54 Å². The Hall–Kier alpha value is -2.99. The average molecular weight is 510 g/mol. The van der Waals surface area contributed by atoms with Crippen LogP contribution in [0.5, 0.6) is 11.5 Å². The van der Waals surface area contributed by atoms with Crippen LogP contribution >= 0.6 is 0 Å². The molecule has 0 saturated heterocycles. The van der Waals surface area contributed by atoms with Crippen molar-refractivity contribution in [2.24, 2.45) is 11.8 Å². The van der Waals surface area contributed by atoms with Crippen molar-refractivity contribution < 1.29 is 14.3 Å². The normalized spacial score (nSPS) is 20.1. The Morgan fingerprint density at radius 1 is 1.19 bits per heavy atom. The Morgan fingerprint density at radius 3 is 2.43 bits per heavy atom. The number of carbonyl (C=O) groups is 1. The molecule has 204 valence electrons. The van der Waals surface area contributed by atoms with Gasteiger partial charge in [0.25, 0.3) is 0 Å². The summed E-state index contributed by atoms with van der Waals surface area (Å²) in [5.74, 6) is 2.96. The van der Waals surface area contributed by atoms with E-state index in [4.69, 9.17) is 9.47 Å². The number of carbonyl (C=O) groups excluding carboxylic acids is 1. The van der Waals surface area contributed by atoms with Crippen molar-refractivity contribution in [3.05, 3.63) is 72.0 Å². The molecular weight excluding hydrogens is 462 g/mol. The molecule has 0 radical (unpaired) electrons. The lowest BCUT2D eigenvalue weighted by molar-refractivity contribution is 0.165. The first-order valence-corrected chi connectivity index (χ1v) is 13.5. The van der Waals surface area contributed by atoms with E-state index in [1.807, 2.05) is 42.0 Å². The van der Waals surface area contributed by atoms with Crippen LogP contribution in [0.4, 0.5) is 4.79 Å². The number of nitrogens with zero attached hydrogens (tertiary/aromatic N) is 2. The van der Waals surface area contributed by atoms with Crippen LogP contribution in [0.1, 0.15) is 57.6 Å². The van der Waals surface area contributed by atoms with E-state index in [0.717, 1.165) is 47.7 Å². The molecular formula is C31H47N3O3. The van der Waals surface area contributed by atoms with Crippen molar-refractivity contribution in [2.45, 2.75) is 53.0 Å². The van der Waals surface area contributed by atoms with Crippen molar-refractivity contribution in [1.82, 2.24) is 15.1 Å². The third kappa shape index (κ3) is 7.75. The topological polar surface area (TPSA) is 54.0 Å². The van der Waals surface area contributed by atoms with Crippen molar-refractivity contribution in [3.63, 3.8) is 0 Å². The van der Waals surface area contributed by atoms with Crippen LogP contribution in [0, 0.1) is 11.8 Å². The molecule has 0 aromatic heterocycles. The Balaban J connectivity index is 0.000000449. The lowest BCUT2D eigenvalue weighted by atomic mass is 9.90. The van der Waals surface area contributed by atoms with Gasteiger partial charge in [-0.25, -0.2) is 4.79 Å². The quantitative estimate of drug-likeness (QED) is 0.385. The molecule has 37 heavy (non-hydrogen) atoms. The third-order valence-corrected chi connectivity index (χ3v) is 7.15. The Bertz CT molecular complexity index is 982. The van der Waals surface area contributed by atoms with E-state index in [0.29, 0.717) is 31.5 Å². The van der Waals surface area contributed by atoms with Crippen LogP contribution < -0.4 is 14.8 Å². The number of methoxy groups -OCH3 is 2. The summed E-state index contributed by atoms with van der Waals surface area (Å²) in [5.41, 5.74) is 3.31. The summed E-state index contributed by atoms with van der Waals surface area (Å²) in [6, 6.07) is 4.02. The molecule has 2 amide bonds. The van der Waals surface area contributed by atoms with Crippen molar-refractivity contribution >= 4 is 6.03 Å². The van der Waals surface area contributed by atoms with Crippen molar-refractivity contribution in [1.29, 1.82) is 0 Å². The molecule has 0 saturated carbocycles. The molecule has 6 heteroatoms. The van der Waals surface area contributed by atoms with Crippen LogP contribution in [0.3, 0.4) is 0 Å². The fourth-order valence-electron chi connectivity index (χ4n) is 4.83. The monoisotopic (exact) mass is 509 g/mol. The summed E-state index contributed by atoms with van der Waals surface area (Å²) < 4.78 is 11.2. The van der Waals surface area contributed by atoms with Gasteiger partial charge < -0.3 is 19.7 Å². The van der Waals surface area contributed by atoms with E-state index in [1.54, 1.807) is 14.2 Å². The maximum Gasteiger partial charge on any atom is 0.324 e. The van der Waals surface area contributed by atoms with E-state index in [-0.39, 0.29) is 11.9 Å². The highest BCUT2D eigenvalue weighted by molar-refractivity contribution is 5.77. The minimum Gasteiger partial charge on any atom is -0.497 e. The Morgan fingerprint density at radius 2 is 1.92 bits per heavy atom. The number of urea groups is 1. The van der Waals surface area contributed by atoms with Gasteiger partial charge in [0, 0.05) is 48.8 Å². The summed E-state index contributed by atoms with van der Waals surface area (Å²) in [5, 5.41) is 3.13. The number of allylic oxidation sites excluding steroid dienone is 7. The molecule has 2 aliphatic rings. The molecule has 1 aromatic carbocycles. The van der Waals surface area contributed by atoms with Crippen molar-refractivity contribution in [3.8, 4) is 11.5 Å². The number of nitrogens with one attached hydrogen (secondary N) is 1. The van der Waals surface area contributed by atoms with Gasteiger partial charge >= 0.3 is 6.03 Å². The smallest absolute Gasteiger partial charge is 0.324 e. The second-order valence-electron chi connectivity index (χ2n) is 9.42. The maximum atomic E-state index is 13.4. The number of amides is 2. The standard InChI is InChI=1S/C22H35N3O3.C9H12/c1-7-16-12-18(8-2)25(22(26)24(9-3)11-10-23-4)15-17-13-19(27-5)14-20(28-6)21(16)17;1-3-9-7-5-4-6-8(9)2/h12-14,16,23H,7-11,15H2,1-6H3;3-9H,1H2,2H3. The SMILES string of the molecule is C=CC1C=CC=CC1C.CCC1=CC(CC)c2c(cc(OC)cc2OC)CN1C(=O)N(CC)CCNC. The van der Waals surface area contributed by atoms with E-state index >= 15 is 0 Å². The number of hydrogen-bond acceptors (Lipinski definition) is 4. The van der Waals surface area contributed by atoms with E-state index < -0.39 is 0 Å². The summed E-state index contributed by atoms with van der Waals surface area (Å²) in [6.07, 6.45) is 14.5. The molecule has 0 fully saturated rings. The fraction of sp³-hybridized carbons (Fsp3) is 0.516. The largest absolute Gasteiger partial charge is 0.497 e. The second kappa shape index (κ2) is 15.3. The van der Waals surface area contributed by atoms with Gasteiger partial charge in [-0.05, 0) is 44.4 Å². The number of likely N-dealkylation sites (N-methyl/N-ethyl adjacent to an activating group) is 2. The molecule has 3 atom stereocenters. The molecule has 3 rings (SSSR count). The first kappa shape index (κ1) is 30.2. The molecule has 1 aliphatic heterocycles. The lowest BCUT2D eigenvalue weighted by Gasteiger charge is -2.31. The van der Waals surface area contributed by atoms with Gasteiger partial charge in [-0.1, -0.05) is 57.2 Å². The first-order valence-electron chi connectivity index (χ1n) is 13.5. The minimum atomic E-state index is 0.0512. The van der Waals surface area contributed by atoms with Crippen LogP contribution in [0.25, 0.3) is 0 Å². The zero-order valence-electron chi connectivity index (χ0n) is 23.9. The zero-order valence-corrected chi connectivity index (χ0v) is 23.9. The van der Waals surface area contributed by atoms with E-state index in [2.05, 4.69) is 63.0 Å². The number of ether oxygens (including phenoxy) is 2. The molecule has 1 N–H and O–H groups in total. The summed E-state index contributed by atoms with van der Waals surface area (Å²) in [7, 11) is 5.25. The number of fused-ring (bicyclic) bond motifs is 1. The molecule has 0 spiro atoms. The molecule has 3 unspecified atom stereocenters. The number of benzene rings is 1. The van der Waals surface area contributed by atoms with Gasteiger partial charge in [-0.2, -0.15) is 0 Å². The van der Waals surface area contributed by atoms with Crippen LogP contribution in [0.2, 0.25) is 0 Å². The lowest BCUT2D eigenvalue weighted by Crippen LogP contribution is -2.44. The van der Waals surface area contributed by atoms with E-state index in [9.17, 15) is 4.79 Å². The molecule has 6 nitrogen and oxygen atoms in total. The van der Waals surface area contributed by atoms with Gasteiger partial charge in [-0.3, -0.25) is 4.90 Å². The highest BCUT2D eigenvalue weighted by Gasteiger charge is 2.30. The summed E-state index contributed by atoms with van der Waals surface area (Å²) in [4.78, 5) is 17.2. The first-order chi connectivity index (χ1) is 17.9. The van der Waals surface area contributed by atoms with Gasteiger partial charge in [0.2, 0.25) is 0 Å². The molecule has 0 bridgehead atoms. The van der Waals surface area contributed by atoms with Crippen molar-refractivity contribution in [2.75, 3.05) is 40.9 Å².